The first-order chi connectivity index (χ1) is 9.04. The lowest BCUT2D eigenvalue weighted by atomic mass is 10.0. The third-order valence-corrected chi connectivity index (χ3v) is 3.42. The SMILES string of the molecule is COc1ccc(C(=O)c2snnc2C(C)C)cc1F. The maximum Gasteiger partial charge on any atom is 0.206 e. The van der Waals surface area contributed by atoms with Crippen LogP contribution in [0.2, 0.25) is 0 Å². The Kier molecular flexibility index (Phi) is 3.90. The summed E-state index contributed by atoms with van der Waals surface area (Å²) in [7, 11) is 1.38. The fraction of sp³-hybridized carbons (Fsp3) is 0.308. The summed E-state index contributed by atoms with van der Waals surface area (Å²) < 4.78 is 22.2. The highest BCUT2D eigenvalue weighted by Crippen LogP contribution is 2.25. The molecule has 4 nitrogen and oxygen atoms in total. The third-order valence-electron chi connectivity index (χ3n) is 2.68. The van der Waals surface area contributed by atoms with Crippen LogP contribution >= 0.6 is 11.5 Å². The van der Waals surface area contributed by atoms with Gasteiger partial charge in [0.15, 0.2) is 11.6 Å². The van der Waals surface area contributed by atoms with Gasteiger partial charge in [0.25, 0.3) is 0 Å². The molecule has 19 heavy (non-hydrogen) atoms. The van der Waals surface area contributed by atoms with E-state index in [-0.39, 0.29) is 23.0 Å². The van der Waals surface area contributed by atoms with Crippen LogP contribution in [0.25, 0.3) is 0 Å². The molecular formula is C13H13FN2O2S. The van der Waals surface area contributed by atoms with E-state index in [0.29, 0.717) is 10.6 Å². The van der Waals surface area contributed by atoms with Gasteiger partial charge in [-0.15, -0.1) is 5.10 Å². The second kappa shape index (κ2) is 5.44. The number of rotatable bonds is 4. The molecule has 6 heteroatoms. The molecule has 1 aromatic carbocycles. The van der Waals surface area contributed by atoms with Crippen LogP contribution in [0.3, 0.4) is 0 Å². The van der Waals surface area contributed by atoms with Crippen LogP contribution in [0, 0.1) is 5.82 Å². The average molecular weight is 280 g/mol. The molecule has 1 aromatic heterocycles. The largest absolute Gasteiger partial charge is 0.494 e. The number of halogens is 1. The Morgan fingerprint density at radius 1 is 1.42 bits per heavy atom. The molecule has 0 unspecified atom stereocenters. The fourth-order valence-electron chi connectivity index (χ4n) is 1.67. The summed E-state index contributed by atoms with van der Waals surface area (Å²) >= 11 is 1.03. The van der Waals surface area contributed by atoms with E-state index >= 15 is 0 Å². The smallest absolute Gasteiger partial charge is 0.206 e. The van der Waals surface area contributed by atoms with Crippen molar-refractivity contribution >= 4 is 17.3 Å². The van der Waals surface area contributed by atoms with E-state index in [0.717, 1.165) is 11.5 Å². The van der Waals surface area contributed by atoms with Crippen molar-refractivity contribution in [3.63, 3.8) is 0 Å². The molecule has 1 heterocycles. The number of aromatic nitrogens is 2. The summed E-state index contributed by atoms with van der Waals surface area (Å²) in [5, 5.41) is 3.95. The highest BCUT2D eigenvalue weighted by Gasteiger charge is 2.21. The Balaban J connectivity index is 2.39. The van der Waals surface area contributed by atoms with Crippen LogP contribution in [0.4, 0.5) is 4.39 Å². The molecule has 0 amide bonds. The van der Waals surface area contributed by atoms with Crippen molar-refractivity contribution in [2.75, 3.05) is 7.11 Å². The van der Waals surface area contributed by atoms with E-state index in [1.54, 1.807) is 0 Å². The van der Waals surface area contributed by atoms with Crippen molar-refractivity contribution in [3.05, 3.63) is 40.2 Å². The fourth-order valence-corrected chi connectivity index (χ4v) is 2.45. The van der Waals surface area contributed by atoms with Gasteiger partial charge in [-0.2, -0.15) is 0 Å². The average Bonchev–Trinajstić information content (AvgIpc) is 2.87. The number of methoxy groups -OCH3 is 1. The van der Waals surface area contributed by atoms with Crippen molar-refractivity contribution in [2.24, 2.45) is 0 Å². The quantitative estimate of drug-likeness (QED) is 0.808. The van der Waals surface area contributed by atoms with Crippen molar-refractivity contribution in [3.8, 4) is 5.75 Å². The standard InChI is InChI=1S/C13H13FN2O2S/c1-7(2)11-13(19-16-15-11)12(17)8-4-5-10(18-3)9(14)6-8/h4-7H,1-3H3. The van der Waals surface area contributed by atoms with Gasteiger partial charge in [-0.3, -0.25) is 4.79 Å². The molecule has 0 spiro atoms. The summed E-state index contributed by atoms with van der Waals surface area (Å²) in [5.74, 6) is -0.610. The van der Waals surface area contributed by atoms with Crippen molar-refractivity contribution < 1.29 is 13.9 Å². The first-order valence-corrected chi connectivity index (χ1v) is 6.52. The number of hydrogen-bond acceptors (Lipinski definition) is 5. The van der Waals surface area contributed by atoms with E-state index < -0.39 is 5.82 Å². The first-order valence-electron chi connectivity index (χ1n) is 5.75. The predicted molar refractivity (Wildman–Crippen MR) is 70.4 cm³/mol. The summed E-state index contributed by atoms with van der Waals surface area (Å²) in [6.07, 6.45) is 0. The van der Waals surface area contributed by atoms with Crippen LogP contribution in [0.15, 0.2) is 18.2 Å². The van der Waals surface area contributed by atoms with Crippen molar-refractivity contribution in [1.29, 1.82) is 0 Å². The minimum Gasteiger partial charge on any atom is -0.494 e. The number of ether oxygens (including phenoxy) is 1. The Hall–Kier alpha value is -1.82. The Bertz CT molecular complexity index is 610. The molecule has 0 saturated carbocycles. The van der Waals surface area contributed by atoms with Gasteiger partial charge in [0.05, 0.1) is 12.8 Å². The van der Waals surface area contributed by atoms with Crippen molar-refractivity contribution in [2.45, 2.75) is 19.8 Å². The monoisotopic (exact) mass is 280 g/mol. The van der Waals surface area contributed by atoms with Crippen molar-refractivity contribution in [1.82, 2.24) is 9.59 Å². The summed E-state index contributed by atoms with van der Waals surface area (Å²) in [6.45, 7) is 3.87. The number of carbonyl (C=O) groups is 1. The molecule has 100 valence electrons. The number of ketones is 1. The maximum absolute atomic E-state index is 13.6. The summed E-state index contributed by atoms with van der Waals surface area (Å²) in [6, 6.07) is 4.14. The van der Waals surface area contributed by atoms with Gasteiger partial charge in [0.2, 0.25) is 5.78 Å². The van der Waals surface area contributed by atoms with Crippen LogP contribution in [-0.4, -0.2) is 22.5 Å². The normalized spacial score (nSPS) is 10.8. The Labute approximate surface area is 114 Å². The molecule has 2 rings (SSSR count). The molecular weight excluding hydrogens is 267 g/mol. The van der Waals surface area contributed by atoms with Gasteiger partial charge in [-0.25, -0.2) is 4.39 Å². The lowest BCUT2D eigenvalue weighted by Crippen LogP contribution is -2.05. The van der Waals surface area contributed by atoms with Crippen LogP contribution < -0.4 is 4.74 Å². The van der Waals surface area contributed by atoms with Crippen LogP contribution in [0.1, 0.15) is 40.7 Å². The van der Waals surface area contributed by atoms with Gasteiger partial charge < -0.3 is 4.74 Å². The predicted octanol–water partition coefficient (Wildman–Crippen LogP) is 3.04. The first kappa shape index (κ1) is 13.6. The number of benzene rings is 1. The minimum atomic E-state index is -0.558. The molecule has 0 aliphatic rings. The van der Waals surface area contributed by atoms with E-state index in [1.807, 2.05) is 13.8 Å². The lowest BCUT2D eigenvalue weighted by molar-refractivity contribution is 0.104. The highest BCUT2D eigenvalue weighted by atomic mass is 32.1. The van der Waals surface area contributed by atoms with Crippen LogP contribution in [-0.2, 0) is 0 Å². The lowest BCUT2D eigenvalue weighted by Gasteiger charge is -2.05. The topological polar surface area (TPSA) is 52.1 Å². The summed E-state index contributed by atoms with van der Waals surface area (Å²) in [4.78, 5) is 12.8. The van der Waals surface area contributed by atoms with Gasteiger partial charge in [-0.1, -0.05) is 18.3 Å². The minimum absolute atomic E-state index is 0.0980. The zero-order valence-electron chi connectivity index (χ0n) is 10.8. The molecule has 0 aliphatic carbocycles. The van der Waals surface area contributed by atoms with Crippen LogP contribution in [0.5, 0.6) is 5.75 Å². The Morgan fingerprint density at radius 2 is 2.16 bits per heavy atom. The van der Waals surface area contributed by atoms with E-state index in [2.05, 4.69) is 9.59 Å². The molecule has 2 aromatic rings. The molecule has 0 bridgehead atoms. The molecule has 0 N–H and O–H groups in total. The zero-order valence-corrected chi connectivity index (χ0v) is 11.6. The molecule has 0 radical (unpaired) electrons. The summed E-state index contributed by atoms with van der Waals surface area (Å²) in [5.41, 5.74) is 0.914. The van der Waals surface area contributed by atoms with Gasteiger partial charge in [0, 0.05) is 5.56 Å². The molecule has 0 fully saturated rings. The van der Waals surface area contributed by atoms with Gasteiger partial charge in [-0.05, 0) is 35.6 Å². The van der Waals surface area contributed by atoms with Gasteiger partial charge in [0.1, 0.15) is 4.88 Å². The molecule has 0 saturated heterocycles. The van der Waals surface area contributed by atoms with Gasteiger partial charge >= 0.3 is 0 Å². The molecule has 0 atom stereocenters. The molecule has 0 aliphatic heterocycles. The maximum atomic E-state index is 13.6. The second-order valence-electron chi connectivity index (χ2n) is 4.32. The third kappa shape index (κ3) is 2.63. The number of nitrogens with zero attached hydrogens (tertiary/aromatic N) is 2. The number of carbonyl (C=O) groups excluding carboxylic acids is 1. The Morgan fingerprint density at radius 3 is 2.74 bits per heavy atom. The number of hydrogen-bond donors (Lipinski definition) is 0. The zero-order chi connectivity index (χ0) is 14.0. The second-order valence-corrected chi connectivity index (χ2v) is 5.07. The van der Waals surface area contributed by atoms with E-state index in [9.17, 15) is 9.18 Å². The highest BCUT2D eigenvalue weighted by molar-refractivity contribution is 7.08. The van der Waals surface area contributed by atoms with E-state index in [1.165, 1.54) is 25.3 Å². The van der Waals surface area contributed by atoms with E-state index in [4.69, 9.17) is 4.74 Å².